The largest absolute Gasteiger partial charge is 0.367 e. The summed E-state index contributed by atoms with van der Waals surface area (Å²) in [5, 5.41) is 0. The quantitative estimate of drug-likeness (QED) is 0.893. The molecule has 1 amide bonds. The van der Waals surface area contributed by atoms with E-state index in [-0.39, 0.29) is 0 Å². The Hall–Kier alpha value is -1.53. The number of primary amides is 1. The Morgan fingerprint density at radius 1 is 1.47 bits per heavy atom. The Labute approximate surface area is 110 Å². The molecule has 1 aliphatic heterocycles. The van der Waals surface area contributed by atoms with Gasteiger partial charge in [-0.25, -0.2) is 8.78 Å². The second-order valence-electron chi connectivity index (χ2n) is 4.90. The number of halogens is 2. The van der Waals surface area contributed by atoms with Gasteiger partial charge in [-0.2, -0.15) is 0 Å². The topological polar surface area (TPSA) is 55.6 Å². The minimum absolute atomic E-state index is 0.335. The molecule has 4 nitrogen and oxygen atoms in total. The van der Waals surface area contributed by atoms with Crippen molar-refractivity contribution in [2.45, 2.75) is 19.1 Å². The van der Waals surface area contributed by atoms with Crippen molar-refractivity contribution in [3.8, 4) is 0 Å². The Kier molecular flexibility index (Phi) is 3.82. The maximum Gasteiger partial charge on any atom is 0.250 e. The van der Waals surface area contributed by atoms with E-state index in [2.05, 4.69) is 0 Å². The van der Waals surface area contributed by atoms with E-state index in [0.717, 1.165) is 12.1 Å². The highest BCUT2D eigenvalue weighted by atomic mass is 19.2. The minimum Gasteiger partial charge on any atom is -0.367 e. The van der Waals surface area contributed by atoms with E-state index in [1.807, 2.05) is 4.90 Å². The Balaban J connectivity index is 2.06. The van der Waals surface area contributed by atoms with Crippen LogP contribution >= 0.6 is 0 Å². The number of hydrogen-bond donors (Lipinski definition) is 1. The van der Waals surface area contributed by atoms with Crippen molar-refractivity contribution in [1.29, 1.82) is 0 Å². The molecule has 1 aromatic carbocycles. The molecular formula is C13H16F2N2O2. The van der Waals surface area contributed by atoms with E-state index in [9.17, 15) is 13.6 Å². The van der Waals surface area contributed by atoms with Crippen molar-refractivity contribution in [3.05, 3.63) is 35.4 Å². The fourth-order valence-corrected chi connectivity index (χ4v) is 2.13. The number of morpholine rings is 1. The molecule has 0 radical (unpaired) electrons. The third kappa shape index (κ3) is 3.08. The molecule has 0 spiro atoms. The monoisotopic (exact) mass is 270 g/mol. The molecule has 0 aliphatic carbocycles. The van der Waals surface area contributed by atoms with E-state index in [4.69, 9.17) is 10.5 Å². The number of nitrogens with zero attached hydrogens (tertiary/aromatic N) is 1. The molecule has 6 heteroatoms. The van der Waals surface area contributed by atoms with Gasteiger partial charge in [-0.1, -0.05) is 6.07 Å². The molecule has 0 aromatic heterocycles. The van der Waals surface area contributed by atoms with Gasteiger partial charge in [-0.3, -0.25) is 9.69 Å². The van der Waals surface area contributed by atoms with Gasteiger partial charge in [0.15, 0.2) is 17.2 Å². The van der Waals surface area contributed by atoms with E-state index < -0.39 is 23.1 Å². The zero-order valence-electron chi connectivity index (χ0n) is 10.7. The number of ether oxygens (including phenoxy) is 1. The number of hydrogen-bond acceptors (Lipinski definition) is 3. The van der Waals surface area contributed by atoms with Gasteiger partial charge in [0.05, 0.1) is 6.61 Å². The molecule has 1 heterocycles. The van der Waals surface area contributed by atoms with Gasteiger partial charge in [-0.15, -0.1) is 0 Å². The lowest BCUT2D eigenvalue weighted by Crippen LogP contribution is -2.56. The van der Waals surface area contributed by atoms with E-state index in [0.29, 0.717) is 31.8 Å². The summed E-state index contributed by atoms with van der Waals surface area (Å²) in [6.45, 7) is 3.38. The lowest BCUT2D eigenvalue weighted by atomic mass is 10.0. The predicted molar refractivity (Wildman–Crippen MR) is 65.2 cm³/mol. The fourth-order valence-electron chi connectivity index (χ4n) is 2.13. The van der Waals surface area contributed by atoms with Crippen LogP contribution in [-0.4, -0.2) is 36.1 Å². The van der Waals surface area contributed by atoms with Crippen LogP contribution < -0.4 is 5.73 Å². The maximum absolute atomic E-state index is 13.1. The van der Waals surface area contributed by atoms with Crippen LogP contribution in [0.15, 0.2) is 18.2 Å². The predicted octanol–water partition coefficient (Wildman–Crippen LogP) is 1.04. The summed E-state index contributed by atoms with van der Waals surface area (Å²) < 4.78 is 31.3. The smallest absolute Gasteiger partial charge is 0.250 e. The van der Waals surface area contributed by atoms with Crippen LogP contribution in [-0.2, 0) is 16.1 Å². The molecule has 104 valence electrons. The van der Waals surface area contributed by atoms with Crippen LogP contribution in [0.5, 0.6) is 0 Å². The Morgan fingerprint density at radius 2 is 2.21 bits per heavy atom. The second kappa shape index (κ2) is 5.22. The second-order valence-corrected chi connectivity index (χ2v) is 4.90. The SMILES string of the molecule is C[C@]1(C(N)=O)CN(Cc2ccc(F)c(F)c2)CCO1. The van der Waals surface area contributed by atoms with E-state index in [1.54, 1.807) is 6.92 Å². The normalized spacial score (nSPS) is 24.4. The van der Waals surface area contributed by atoms with Crippen molar-refractivity contribution in [2.75, 3.05) is 19.7 Å². The molecule has 1 aliphatic rings. The zero-order valence-corrected chi connectivity index (χ0v) is 10.7. The van der Waals surface area contributed by atoms with Crippen LogP contribution in [0.3, 0.4) is 0 Å². The third-order valence-electron chi connectivity index (χ3n) is 3.26. The van der Waals surface area contributed by atoms with Gasteiger partial charge in [0.2, 0.25) is 0 Å². The molecule has 1 saturated heterocycles. The zero-order chi connectivity index (χ0) is 14.0. The van der Waals surface area contributed by atoms with Crippen molar-refractivity contribution in [2.24, 2.45) is 5.73 Å². The number of amides is 1. The molecule has 1 aromatic rings. The van der Waals surface area contributed by atoms with Gasteiger partial charge in [0.25, 0.3) is 5.91 Å². The lowest BCUT2D eigenvalue weighted by Gasteiger charge is -2.38. The summed E-state index contributed by atoms with van der Waals surface area (Å²) in [6, 6.07) is 3.78. The van der Waals surface area contributed by atoms with Crippen LogP contribution in [0, 0.1) is 11.6 Å². The standard InChI is InChI=1S/C13H16F2N2O2/c1-13(12(16)18)8-17(4-5-19-13)7-9-2-3-10(14)11(15)6-9/h2-3,6H,4-5,7-8H2,1H3,(H2,16,18)/t13-/m1/s1. The highest BCUT2D eigenvalue weighted by Gasteiger charge is 2.37. The van der Waals surface area contributed by atoms with Gasteiger partial charge in [0, 0.05) is 19.6 Å². The van der Waals surface area contributed by atoms with Crippen LogP contribution in [0.4, 0.5) is 8.78 Å². The number of rotatable bonds is 3. The van der Waals surface area contributed by atoms with Crippen LogP contribution in [0.25, 0.3) is 0 Å². The minimum atomic E-state index is -1.03. The summed E-state index contributed by atoms with van der Waals surface area (Å²) >= 11 is 0. The van der Waals surface area contributed by atoms with Gasteiger partial charge >= 0.3 is 0 Å². The summed E-state index contributed by atoms with van der Waals surface area (Å²) in [5.74, 6) is -2.27. The van der Waals surface area contributed by atoms with Crippen molar-refractivity contribution >= 4 is 5.91 Å². The molecule has 2 N–H and O–H groups in total. The molecule has 0 saturated carbocycles. The molecule has 1 atom stereocenters. The number of benzene rings is 1. The van der Waals surface area contributed by atoms with E-state index in [1.165, 1.54) is 6.07 Å². The summed E-state index contributed by atoms with van der Waals surface area (Å²) in [5.41, 5.74) is 4.92. The molecular weight excluding hydrogens is 254 g/mol. The summed E-state index contributed by atoms with van der Waals surface area (Å²) in [6.07, 6.45) is 0. The summed E-state index contributed by atoms with van der Waals surface area (Å²) in [7, 11) is 0. The molecule has 0 unspecified atom stereocenters. The van der Waals surface area contributed by atoms with E-state index >= 15 is 0 Å². The average molecular weight is 270 g/mol. The first-order valence-electron chi connectivity index (χ1n) is 6.01. The van der Waals surface area contributed by atoms with Crippen molar-refractivity contribution in [1.82, 2.24) is 4.90 Å². The number of nitrogens with two attached hydrogens (primary N) is 1. The van der Waals surface area contributed by atoms with Gasteiger partial charge < -0.3 is 10.5 Å². The maximum atomic E-state index is 13.1. The Bertz CT molecular complexity index is 496. The van der Waals surface area contributed by atoms with Crippen LogP contribution in [0.1, 0.15) is 12.5 Å². The van der Waals surface area contributed by atoms with Crippen molar-refractivity contribution < 1.29 is 18.3 Å². The van der Waals surface area contributed by atoms with Gasteiger partial charge in [0.1, 0.15) is 0 Å². The first-order chi connectivity index (χ1) is 8.90. The molecule has 2 rings (SSSR count). The molecule has 19 heavy (non-hydrogen) atoms. The molecule has 0 bridgehead atoms. The summed E-state index contributed by atoms with van der Waals surface area (Å²) in [4.78, 5) is 13.3. The average Bonchev–Trinajstić information content (AvgIpc) is 2.34. The van der Waals surface area contributed by atoms with Crippen LogP contribution in [0.2, 0.25) is 0 Å². The highest BCUT2D eigenvalue weighted by Crippen LogP contribution is 2.19. The first kappa shape index (κ1) is 13.9. The third-order valence-corrected chi connectivity index (χ3v) is 3.26. The highest BCUT2D eigenvalue weighted by molar-refractivity contribution is 5.83. The first-order valence-corrected chi connectivity index (χ1v) is 6.01. The lowest BCUT2D eigenvalue weighted by molar-refractivity contribution is -0.153. The van der Waals surface area contributed by atoms with Crippen molar-refractivity contribution in [3.63, 3.8) is 0 Å². The van der Waals surface area contributed by atoms with Gasteiger partial charge in [-0.05, 0) is 24.6 Å². The number of carbonyl (C=O) groups excluding carboxylic acids is 1. The number of carbonyl (C=O) groups is 1. The molecule has 1 fully saturated rings. The fraction of sp³-hybridized carbons (Fsp3) is 0.462. The Morgan fingerprint density at radius 3 is 2.84 bits per heavy atom.